The van der Waals surface area contributed by atoms with Gasteiger partial charge in [-0.1, -0.05) is 18.2 Å². The van der Waals surface area contributed by atoms with Crippen molar-refractivity contribution in [1.82, 2.24) is 10.2 Å². The number of nitrogens with zero attached hydrogens (tertiary/aromatic N) is 1. The van der Waals surface area contributed by atoms with Crippen molar-refractivity contribution >= 4 is 10.8 Å². The molecule has 4 nitrogen and oxygen atoms in total. The molecule has 1 saturated carbocycles. The summed E-state index contributed by atoms with van der Waals surface area (Å²) in [6.45, 7) is 0. The molecule has 94 valence electrons. The average Bonchev–Trinajstić information content (AvgIpc) is 2.41. The molecule has 1 fully saturated rings. The Balaban J connectivity index is 2.07. The number of aromatic amines is 1. The van der Waals surface area contributed by atoms with E-state index >= 15 is 0 Å². The second kappa shape index (κ2) is 4.53. The highest BCUT2D eigenvalue weighted by Gasteiger charge is 2.23. The molecule has 1 aliphatic rings. The topological polar surface area (TPSA) is 71.8 Å². The van der Waals surface area contributed by atoms with E-state index in [2.05, 4.69) is 10.2 Å². The van der Waals surface area contributed by atoms with Gasteiger partial charge in [0.15, 0.2) is 0 Å². The normalized spacial score (nSPS) is 24.3. The van der Waals surface area contributed by atoms with Crippen LogP contribution in [0.2, 0.25) is 0 Å². The molecule has 0 aliphatic heterocycles. The first-order valence-electron chi connectivity index (χ1n) is 6.48. The van der Waals surface area contributed by atoms with Gasteiger partial charge in [0.2, 0.25) is 0 Å². The highest BCUT2D eigenvalue weighted by molar-refractivity contribution is 5.83. The Labute approximate surface area is 105 Å². The minimum atomic E-state index is -0.109. The van der Waals surface area contributed by atoms with Gasteiger partial charge in [-0.3, -0.25) is 4.79 Å². The lowest BCUT2D eigenvalue weighted by molar-refractivity contribution is 0.390. The highest BCUT2D eigenvalue weighted by atomic mass is 16.1. The van der Waals surface area contributed by atoms with Gasteiger partial charge in [-0.15, -0.1) is 0 Å². The molecule has 0 spiro atoms. The molecule has 0 amide bonds. The van der Waals surface area contributed by atoms with E-state index in [1.54, 1.807) is 0 Å². The van der Waals surface area contributed by atoms with Crippen LogP contribution in [0.4, 0.5) is 0 Å². The van der Waals surface area contributed by atoms with Crippen molar-refractivity contribution in [2.24, 2.45) is 5.73 Å². The summed E-state index contributed by atoms with van der Waals surface area (Å²) in [6, 6.07) is 8.02. The van der Waals surface area contributed by atoms with Crippen molar-refractivity contribution in [3.8, 4) is 0 Å². The number of nitrogens with two attached hydrogens (primary N) is 1. The zero-order valence-corrected chi connectivity index (χ0v) is 10.2. The summed E-state index contributed by atoms with van der Waals surface area (Å²) in [7, 11) is 0. The van der Waals surface area contributed by atoms with E-state index in [0.29, 0.717) is 12.0 Å². The minimum Gasteiger partial charge on any atom is -0.328 e. The Hall–Kier alpha value is -1.68. The van der Waals surface area contributed by atoms with Crippen molar-refractivity contribution in [2.45, 2.75) is 37.6 Å². The number of hydrogen-bond acceptors (Lipinski definition) is 3. The molecule has 3 rings (SSSR count). The molecule has 0 bridgehead atoms. The molecule has 1 aromatic carbocycles. The largest absolute Gasteiger partial charge is 0.328 e. The van der Waals surface area contributed by atoms with E-state index in [9.17, 15) is 4.79 Å². The summed E-state index contributed by atoms with van der Waals surface area (Å²) in [6.07, 6.45) is 4.20. The van der Waals surface area contributed by atoms with Crippen LogP contribution in [-0.2, 0) is 0 Å². The maximum absolute atomic E-state index is 11.7. The number of rotatable bonds is 1. The van der Waals surface area contributed by atoms with Crippen LogP contribution in [0, 0.1) is 0 Å². The fourth-order valence-electron chi connectivity index (χ4n) is 2.84. The van der Waals surface area contributed by atoms with Crippen LogP contribution in [-0.4, -0.2) is 16.2 Å². The Morgan fingerprint density at radius 1 is 1.11 bits per heavy atom. The van der Waals surface area contributed by atoms with Gasteiger partial charge in [0.1, 0.15) is 0 Å². The molecule has 4 heteroatoms. The molecule has 1 aromatic heterocycles. The van der Waals surface area contributed by atoms with Gasteiger partial charge in [-0.05, 0) is 31.7 Å². The average molecular weight is 243 g/mol. The van der Waals surface area contributed by atoms with Crippen molar-refractivity contribution < 1.29 is 0 Å². The zero-order valence-electron chi connectivity index (χ0n) is 10.2. The van der Waals surface area contributed by atoms with Gasteiger partial charge in [-0.25, -0.2) is 5.10 Å². The second-order valence-electron chi connectivity index (χ2n) is 5.10. The highest BCUT2D eigenvalue weighted by Crippen LogP contribution is 2.33. The van der Waals surface area contributed by atoms with E-state index in [1.807, 2.05) is 24.3 Å². The Bertz CT molecular complexity index is 612. The first-order chi connectivity index (χ1) is 8.75. The van der Waals surface area contributed by atoms with Gasteiger partial charge in [-0.2, -0.15) is 5.10 Å². The van der Waals surface area contributed by atoms with Crippen molar-refractivity contribution in [2.75, 3.05) is 0 Å². The van der Waals surface area contributed by atoms with Crippen molar-refractivity contribution in [1.29, 1.82) is 0 Å². The maximum Gasteiger partial charge on any atom is 0.272 e. The number of hydrogen-bond donors (Lipinski definition) is 2. The van der Waals surface area contributed by atoms with Gasteiger partial charge >= 0.3 is 0 Å². The predicted molar refractivity (Wildman–Crippen MR) is 71.5 cm³/mol. The number of aromatic nitrogens is 2. The zero-order chi connectivity index (χ0) is 12.5. The minimum absolute atomic E-state index is 0.109. The third kappa shape index (κ3) is 1.93. The van der Waals surface area contributed by atoms with E-state index in [4.69, 9.17) is 5.73 Å². The van der Waals surface area contributed by atoms with E-state index < -0.39 is 0 Å². The molecule has 0 atom stereocenters. The molecular weight excluding hydrogens is 226 g/mol. The quantitative estimate of drug-likeness (QED) is 0.803. The summed E-state index contributed by atoms with van der Waals surface area (Å²) in [5.74, 6) is 0.423. The third-order valence-electron chi connectivity index (χ3n) is 3.88. The van der Waals surface area contributed by atoms with E-state index in [-0.39, 0.29) is 5.56 Å². The summed E-state index contributed by atoms with van der Waals surface area (Å²) < 4.78 is 0. The Morgan fingerprint density at radius 3 is 2.50 bits per heavy atom. The monoisotopic (exact) mass is 243 g/mol. The molecule has 0 saturated heterocycles. The number of nitrogens with one attached hydrogen (secondary N) is 1. The van der Waals surface area contributed by atoms with Crippen LogP contribution >= 0.6 is 0 Å². The number of benzene rings is 1. The molecule has 1 aliphatic carbocycles. The first-order valence-corrected chi connectivity index (χ1v) is 6.48. The third-order valence-corrected chi connectivity index (χ3v) is 3.88. The molecule has 1 heterocycles. The Kier molecular flexibility index (Phi) is 2.88. The first kappa shape index (κ1) is 11.4. The fourth-order valence-corrected chi connectivity index (χ4v) is 2.84. The van der Waals surface area contributed by atoms with E-state index in [1.165, 1.54) is 0 Å². The summed E-state index contributed by atoms with van der Waals surface area (Å²) in [4.78, 5) is 11.7. The van der Waals surface area contributed by atoms with Gasteiger partial charge in [0.25, 0.3) is 5.56 Å². The van der Waals surface area contributed by atoms with Crippen LogP contribution in [0.3, 0.4) is 0 Å². The smallest absolute Gasteiger partial charge is 0.272 e. The molecule has 18 heavy (non-hydrogen) atoms. The Morgan fingerprint density at radius 2 is 1.78 bits per heavy atom. The van der Waals surface area contributed by atoms with Crippen molar-refractivity contribution in [3.05, 3.63) is 40.3 Å². The number of fused-ring (bicyclic) bond motifs is 1. The molecule has 0 radical (unpaired) electrons. The van der Waals surface area contributed by atoms with E-state index in [0.717, 1.165) is 42.1 Å². The van der Waals surface area contributed by atoms with Crippen LogP contribution in [0.25, 0.3) is 10.8 Å². The van der Waals surface area contributed by atoms with Gasteiger partial charge in [0, 0.05) is 17.3 Å². The SMILES string of the molecule is NC1CCC(c2n[nH]c(=O)c3ccccc23)CC1. The fraction of sp³-hybridized carbons (Fsp3) is 0.429. The molecule has 0 unspecified atom stereocenters. The molecule has 2 aromatic rings. The second-order valence-corrected chi connectivity index (χ2v) is 5.10. The lowest BCUT2D eigenvalue weighted by Crippen LogP contribution is -2.26. The summed E-state index contributed by atoms with van der Waals surface area (Å²) >= 11 is 0. The van der Waals surface area contributed by atoms with Crippen LogP contribution in [0.15, 0.2) is 29.1 Å². The van der Waals surface area contributed by atoms with Gasteiger partial charge < -0.3 is 5.73 Å². The van der Waals surface area contributed by atoms with Crippen LogP contribution in [0.1, 0.15) is 37.3 Å². The number of H-pyrrole nitrogens is 1. The van der Waals surface area contributed by atoms with Crippen LogP contribution in [0.5, 0.6) is 0 Å². The lowest BCUT2D eigenvalue weighted by Gasteiger charge is -2.26. The molecular formula is C14H17N3O. The predicted octanol–water partition coefficient (Wildman–Crippen LogP) is 1.91. The van der Waals surface area contributed by atoms with Crippen molar-refractivity contribution in [3.63, 3.8) is 0 Å². The van der Waals surface area contributed by atoms with Gasteiger partial charge in [0.05, 0.1) is 11.1 Å². The summed E-state index contributed by atoms with van der Waals surface area (Å²) in [5.41, 5.74) is 6.85. The maximum atomic E-state index is 11.7. The lowest BCUT2D eigenvalue weighted by atomic mass is 9.83. The molecule has 3 N–H and O–H groups in total. The van der Waals surface area contributed by atoms with Crippen LogP contribution < -0.4 is 11.3 Å². The summed E-state index contributed by atoms with van der Waals surface area (Å²) in [5, 5.41) is 8.61. The standard InChI is InChI=1S/C14H17N3O/c15-10-7-5-9(6-8-10)13-11-3-1-2-4-12(11)14(18)17-16-13/h1-4,9-10H,5-8,15H2,(H,17,18).